The molecule has 0 N–H and O–H groups in total. The lowest BCUT2D eigenvalue weighted by atomic mass is 10.1. The van der Waals surface area contributed by atoms with Crippen molar-refractivity contribution in [2.75, 3.05) is 6.61 Å². The summed E-state index contributed by atoms with van der Waals surface area (Å²) in [6.45, 7) is -0.135. The van der Waals surface area contributed by atoms with Gasteiger partial charge in [-0.25, -0.2) is 4.79 Å². The lowest BCUT2D eigenvalue weighted by molar-refractivity contribution is -0.135. The van der Waals surface area contributed by atoms with Crippen LogP contribution in [-0.4, -0.2) is 18.4 Å². The molecule has 1 fully saturated rings. The summed E-state index contributed by atoms with van der Waals surface area (Å²) in [6.07, 6.45) is 4.99. The highest BCUT2D eigenvalue weighted by Gasteiger charge is 2.26. The Morgan fingerprint density at radius 3 is 2.50 bits per heavy atom. The molecule has 16 heavy (non-hydrogen) atoms. The van der Waals surface area contributed by atoms with Crippen LogP contribution in [0.5, 0.6) is 0 Å². The van der Waals surface area contributed by atoms with Crippen LogP contribution in [-0.2, 0) is 14.3 Å². The fourth-order valence-corrected chi connectivity index (χ4v) is 1.38. The van der Waals surface area contributed by atoms with Crippen molar-refractivity contribution in [1.29, 1.82) is 0 Å². The van der Waals surface area contributed by atoms with Gasteiger partial charge in [0.15, 0.2) is 6.61 Å². The maximum Gasteiger partial charge on any atom is 0.342 e. The molecule has 80 valence electrons. The van der Waals surface area contributed by atoms with Crippen LogP contribution in [0.2, 0.25) is 0 Å². The Hall–Kier alpha value is -2.16. The second-order valence-electron chi connectivity index (χ2n) is 3.35. The molecule has 0 spiro atoms. The molecule has 0 aromatic heterocycles. The highest BCUT2D eigenvalue weighted by molar-refractivity contribution is 6.22. The van der Waals surface area contributed by atoms with Crippen LogP contribution in [0.4, 0.5) is 0 Å². The van der Waals surface area contributed by atoms with Gasteiger partial charge in [-0.1, -0.05) is 42.5 Å². The first-order valence-electron chi connectivity index (χ1n) is 4.91. The van der Waals surface area contributed by atoms with E-state index in [4.69, 9.17) is 0 Å². The molecule has 1 saturated heterocycles. The summed E-state index contributed by atoms with van der Waals surface area (Å²) >= 11 is 0. The largest absolute Gasteiger partial charge is 0.454 e. The molecule has 0 radical (unpaired) electrons. The maximum atomic E-state index is 11.2. The van der Waals surface area contributed by atoms with Crippen molar-refractivity contribution < 1.29 is 14.3 Å². The van der Waals surface area contributed by atoms with Crippen LogP contribution in [0, 0.1) is 0 Å². The van der Waals surface area contributed by atoms with Gasteiger partial charge in [-0.2, -0.15) is 0 Å². The number of hydrogen-bond donors (Lipinski definition) is 0. The number of cyclic esters (lactones) is 1. The summed E-state index contributed by atoms with van der Waals surface area (Å²) in [5.41, 5.74) is 1.13. The topological polar surface area (TPSA) is 43.4 Å². The van der Waals surface area contributed by atoms with Gasteiger partial charge in [0.2, 0.25) is 5.78 Å². The van der Waals surface area contributed by atoms with Gasteiger partial charge in [0.1, 0.15) is 5.57 Å². The average Bonchev–Trinajstić information content (AvgIpc) is 2.62. The minimum Gasteiger partial charge on any atom is -0.454 e. The zero-order chi connectivity index (χ0) is 11.4. The Kier molecular flexibility index (Phi) is 2.96. The van der Waals surface area contributed by atoms with Gasteiger partial charge in [0.25, 0.3) is 0 Å². The van der Waals surface area contributed by atoms with Crippen molar-refractivity contribution >= 4 is 17.8 Å². The summed E-state index contributed by atoms with van der Waals surface area (Å²) in [7, 11) is 0. The highest BCUT2D eigenvalue weighted by Crippen LogP contribution is 2.10. The molecule has 1 aromatic rings. The molecule has 1 aromatic carbocycles. The van der Waals surface area contributed by atoms with Crippen molar-refractivity contribution in [3.05, 3.63) is 53.6 Å². The normalized spacial score (nSPS) is 18.4. The number of benzene rings is 1. The molecule has 0 unspecified atom stereocenters. The molecular formula is C13H10O3. The molecule has 0 bridgehead atoms. The number of esters is 1. The summed E-state index contributed by atoms with van der Waals surface area (Å²) in [5.74, 6) is -0.801. The van der Waals surface area contributed by atoms with Crippen LogP contribution < -0.4 is 0 Å². The van der Waals surface area contributed by atoms with Gasteiger partial charge in [0.05, 0.1) is 0 Å². The summed E-state index contributed by atoms with van der Waals surface area (Å²) < 4.78 is 4.59. The number of ether oxygens (including phenoxy) is 1. The predicted octanol–water partition coefficient (Wildman–Crippen LogP) is 1.75. The van der Waals surface area contributed by atoms with E-state index in [0.29, 0.717) is 0 Å². The van der Waals surface area contributed by atoms with Crippen LogP contribution >= 0.6 is 0 Å². The summed E-state index contributed by atoms with van der Waals surface area (Å²) in [6, 6.07) is 9.63. The quantitative estimate of drug-likeness (QED) is 0.428. The smallest absolute Gasteiger partial charge is 0.342 e. The molecule has 3 nitrogen and oxygen atoms in total. The number of hydrogen-bond acceptors (Lipinski definition) is 3. The van der Waals surface area contributed by atoms with Gasteiger partial charge in [-0.3, -0.25) is 4.79 Å². The van der Waals surface area contributed by atoms with Crippen LogP contribution in [0.1, 0.15) is 5.56 Å². The van der Waals surface area contributed by atoms with E-state index in [0.717, 1.165) is 5.56 Å². The molecule has 1 heterocycles. The van der Waals surface area contributed by atoms with E-state index in [1.54, 1.807) is 6.08 Å². The van der Waals surface area contributed by atoms with Crippen LogP contribution in [0.15, 0.2) is 48.1 Å². The lowest BCUT2D eigenvalue weighted by Gasteiger charge is -1.89. The Morgan fingerprint density at radius 1 is 1.12 bits per heavy atom. The summed E-state index contributed by atoms with van der Waals surface area (Å²) in [4.78, 5) is 22.3. The second-order valence-corrected chi connectivity index (χ2v) is 3.35. The summed E-state index contributed by atoms with van der Waals surface area (Å²) in [5, 5.41) is 0. The Balaban J connectivity index is 2.12. The second kappa shape index (κ2) is 4.57. The number of Topliss-reactive ketones (excluding diaryl/α,β-unsaturated/α-hetero) is 1. The molecule has 0 amide bonds. The number of ketones is 1. The van der Waals surface area contributed by atoms with E-state index < -0.39 is 5.97 Å². The van der Waals surface area contributed by atoms with Gasteiger partial charge in [-0.05, 0) is 11.6 Å². The van der Waals surface area contributed by atoms with Gasteiger partial charge in [0, 0.05) is 0 Å². The standard InChI is InChI=1S/C13H10O3/c14-12-9-16-13(15)11(12)8-4-7-10-5-2-1-3-6-10/h1-8H,9H2/b7-4+,11-8-. The third-order valence-electron chi connectivity index (χ3n) is 2.21. The van der Waals surface area contributed by atoms with E-state index in [1.807, 2.05) is 36.4 Å². The molecular weight excluding hydrogens is 204 g/mol. The van der Waals surface area contributed by atoms with Crippen molar-refractivity contribution in [3.8, 4) is 0 Å². The van der Waals surface area contributed by atoms with E-state index in [2.05, 4.69) is 4.74 Å². The van der Waals surface area contributed by atoms with E-state index in [9.17, 15) is 9.59 Å². The first-order valence-corrected chi connectivity index (χ1v) is 4.91. The molecule has 0 aliphatic carbocycles. The molecule has 0 saturated carbocycles. The first kappa shape index (κ1) is 10.4. The van der Waals surface area contributed by atoms with Crippen molar-refractivity contribution in [2.45, 2.75) is 0 Å². The van der Waals surface area contributed by atoms with Gasteiger partial charge in [-0.15, -0.1) is 0 Å². The Morgan fingerprint density at radius 2 is 1.88 bits per heavy atom. The number of allylic oxidation sites excluding steroid dienone is 2. The van der Waals surface area contributed by atoms with E-state index >= 15 is 0 Å². The predicted molar refractivity (Wildman–Crippen MR) is 59.5 cm³/mol. The minimum atomic E-state index is -0.539. The van der Waals surface area contributed by atoms with Crippen molar-refractivity contribution in [1.82, 2.24) is 0 Å². The third-order valence-corrected chi connectivity index (χ3v) is 2.21. The third kappa shape index (κ3) is 2.25. The van der Waals surface area contributed by atoms with Crippen molar-refractivity contribution in [2.24, 2.45) is 0 Å². The monoisotopic (exact) mass is 214 g/mol. The van der Waals surface area contributed by atoms with Gasteiger partial charge < -0.3 is 4.74 Å². The zero-order valence-corrected chi connectivity index (χ0v) is 8.55. The zero-order valence-electron chi connectivity index (χ0n) is 8.55. The molecule has 2 rings (SSSR count). The van der Waals surface area contributed by atoms with E-state index in [-0.39, 0.29) is 18.0 Å². The highest BCUT2D eigenvalue weighted by atomic mass is 16.5. The number of carbonyl (C=O) groups excluding carboxylic acids is 2. The van der Waals surface area contributed by atoms with Crippen LogP contribution in [0.3, 0.4) is 0 Å². The van der Waals surface area contributed by atoms with Crippen molar-refractivity contribution in [3.63, 3.8) is 0 Å². The average molecular weight is 214 g/mol. The van der Waals surface area contributed by atoms with Gasteiger partial charge >= 0.3 is 5.97 Å². The minimum absolute atomic E-state index is 0.118. The van der Waals surface area contributed by atoms with E-state index in [1.165, 1.54) is 6.08 Å². The Bertz CT molecular complexity index is 451. The lowest BCUT2D eigenvalue weighted by Crippen LogP contribution is -1.99. The number of rotatable bonds is 2. The fraction of sp³-hybridized carbons (Fsp3) is 0.0769. The number of carbonyl (C=O) groups is 2. The molecule has 1 aliphatic rings. The SMILES string of the molecule is O=C1COC(=O)/C1=C\C=C\c1ccccc1. The molecule has 1 aliphatic heterocycles. The van der Waals surface area contributed by atoms with Crippen LogP contribution in [0.25, 0.3) is 6.08 Å². The Labute approximate surface area is 93.0 Å². The molecule has 3 heteroatoms. The first-order chi connectivity index (χ1) is 7.77. The fourth-order valence-electron chi connectivity index (χ4n) is 1.38. The molecule has 0 atom stereocenters. The maximum absolute atomic E-state index is 11.2.